The van der Waals surface area contributed by atoms with E-state index in [9.17, 15) is 0 Å². The molecule has 0 spiro atoms. The van der Waals surface area contributed by atoms with Gasteiger partial charge in [0, 0.05) is 36.0 Å². The summed E-state index contributed by atoms with van der Waals surface area (Å²) in [4.78, 5) is 15.6. The molecule has 5 rings (SSSR count). The van der Waals surface area contributed by atoms with Crippen LogP contribution in [0.15, 0.2) is 30.6 Å². The average molecular weight is 403 g/mol. The predicted octanol–water partition coefficient (Wildman–Crippen LogP) is 3.07. The van der Waals surface area contributed by atoms with Gasteiger partial charge in [0.15, 0.2) is 5.82 Å². The number of pyridine rings is 1. The van der Waals surface area contributed by atoms with Crippen molar-refractivity contribution >= 4 is 11.6 Å². The molecule has 0 saturated carbocycles. The minimum absolute atomic E-state index is 0.143. The van der Waals surface area contributed by atoms with Crippen LogP contribution in [-0.4, -0.2) is 33.4 Å². The molecule has 4 N–H and O–H groups in total. The van der Waals surface area contributed by atoms with Crippen LogP contribution in [0.1, 0.15) is 40.3 Å². The van der Waals surface area contributed by atoms with Gasteiger partial charge >= 0.3 is 0 Å². The summed E-state index contributed by atoms with van der Waals surface area (Å²) >= 11 is 0. The Kier molecular flexibility index (Phi) is 4.55. The van der Waals surface area contributed by atoms with Crippen LogP contribution in [0, 0.1) is 6.92 Å². The molecule has 2 aliphatic rings. The summed E-state index contributed by atoms with van der Waals surface area (Å²) in [6.45, 7) is 4.21. The Morgan fingerprint density at radius 3 is 2.83 bits per heavy atom. The Morgan fingerprint density at radius 1 is 1.10 bits per heavy atom. The maximum absolute atomic E-state index is 6.22. The lowest BCUT2D eigenvalue weighted by Gasteiger charge is -2.27. The molecule has 1 aromatic carbocycles. The zero-order valence-electron chi connectivity index (χ0n) is 17.4. The number of likely N-dealkylation sites (N-methyl/N-ethyl adjacent to an activating group) is 1. The first-order valence-electron chi connectivity index (χ1n) is 10.3. The molecule has 2 aromatic heterocycles. The van der Waals surface area contributed by atoms with Crippen molar-refractivity contribution < 1.29 is 4.74 Å². The standard InChI is InChI=1S/C23H26N6O/c1-13-9-14(10-15-12-29(2)8-6-16(13)15)19-11-27-22(25)23(28-19)30-20-4-3-18-17(20)5-7-26-21(18)24/h5,7,9-11,20H,3-4,6,8,12H2,1-2H3,(H2,24,26)(H2,25,27). The van der Waals surface area contributed by atoms with Crippen molar-refractivity contribution in [2.75, 3.05) is 25.1 Å². The number of anilines is 2. The average Bonchev–Trinajstić information content (AvgIpc) is 3.13. The molecule has 3 aromatic rings. The topological polar surface area (TPSA) is 103 Å². The normalized spacial score (nSPS) is 18.1. The molecular weight excluding hydrogens is 376 g/mol. The van der Waals surface area contributed by atoms with Crippen molar-refractivity contribution in [1.29, 1.82) is 0 Å². The van der Waals surface area contributed by atoms with E-state index in [2.05, 4.69) is 41.0 Å². The van der Waals surface area contributed by atoms with Gasteiger partial charge in [0.2, 0.25) is 0 Å². The van der Waals surface area contributed by atoms with Gasteiger partial charge in [-0.1, -0.05) is 0 Å². The summed E-state index contributed by atoms with van der Waals surface area (Å²) in [5.41, 5.74) is 20.1. The molecule has 30 heavy (non-hydrogen) atoms. The Bertz CT molecular complexity index is 1130. The number of nitrogens with two attached hydrogens (primary N) is 2. The number of nitrogen functional groups attached to an aromatic ring is 2. The number of fused-ring (bicyclic) bond motifs is 2. The third-order valence-electron chi connectivity index (χ3n) is 6.19. The monoisotopic (exact) mass is 402 g/mol. The molecule has 7 nitrogen and oxygen atoms in total. The van der Waals surface area contributed by atoms with E-state index in [1.807, 2.05) is 6.07 Å². The summed E-state index contributed by atoms with van der Waals surface area (Å²) in [6, 6.07) is 6.37. The van der Waals surface area contributed by atoms with E-state index in [0.717, 1.165) is 54.7 Å². The number of hydrogen-bond acceptors (Lipinski definition) is 7. The molecule has 1 aliphatic heterocycles. The van der Waals surface area contributed by atoms with Crippen molar-refractivity contribution in [3.63, 3.8) is 0 Å². The van der Waals surface area contributed by atoms with Crippen molar-refractivity contribution in [2.24, 2.45) is 0 Å². The number of aromatic nitrogens is 3. The Labute approximate surface area is 176 Å². The Morgan fingerprint density at radius 2 is 1.97 bits per heavy atom. The molecule has 0 fully saturated rings. The molecule has 1 aliphatic carbocycles. The minimum atomic E-state index is -0.143. The van der Waals surface area contributed by atoms with Crippen molar-refractivity contribution in [3.8, 4) is 17.1 Å². The number of rotatable bonds is 3. The van der Waals surface area contributed by atoms with Crippen LogP contribution in [-0.2, 0) is 19.4 Å². The van der Waals surface area contributed by atoms with E-state index in [1.165, 1.54) is 16.7 Å². The fourth-order valence-electron chi connectivity index (χ4n) is 4.60. The molecule has 1 atom stereocenters. The van der Waals surface area contributed by atoms with Gasteiger partial charge in [0.05, 0.1) is 11.9 Å². The summed E-state index contributed by atoms with van der Waals surface area (Å²) < 4.78 is 6.22. The lowest BCUT2D eigenvalue weighted by molar-refractivity contribution is 0.200. The highest BCUT2D eigenvalue weighted by Crippen LogP contribution is 2.38. The summed E-state index contributed by atoms with van der Waals surface area (Å²) in [7, 11) is 2.15. The number of aryl methyl sites for hydroxylation is 1. The zero-order valence-corrected chi connectivity index (χ0v) is 17.4. The maximum Gasteiger partial charge on any atom is 0.258 e. The van der Waals surface area contributed by atoms with Gasteiger partial charge in [-0.05, 0) is 68.1 Å². The van der Waals surface area contributed by atoms with Gasteiger partial charge in [-0.3, -0.25) is 0 Å². The van der Waals surface area contributed by atoms with Crippen LogP contribution in [0.2, 0.25) is 0 Å². The second-order valence-corrected chi connectivity index (χ2v) is 8.27. The molecule has 154 valence electrons. The van der Waals surface area contributed by atoms with Gasteiger partial charge < -0.3 is 21.1 Å². The largest absolute Gasteiger partial charge is 0.467 e. The van der Waals surface area contributed by atoms with E-state index < -0.39 is 0 Å². The maximum atomic E-state index is 6.22. The lowest BCUT2D eigenvalue weighted by atomic mass is 9.92. The Balaban J connectivity index is 1.48. The van der Waals surface area contributed by atoms with E-state index in [1.54, 1.807) is 12.4 Å². The highest BCUT2D eigenvalue weighted by atomic mass is 16.5. The summed E-state index contributed by atoms with van der Waals surface area (Å²) in [6.07, 6.45) is 6.04. The van der Waals surface area contributed by atoms with Crippen LogP contribution >= 0.6 is 0 Å². The quantitative estimate of drug-likeness (QED) is 0.694. The van der Waals surface area contributed by atoms with E-state index in [4.69, 9.17) is 21.2 Å². The van der Waals surface area contributed by atoms with E-state index in [0.29, 0.717) is 17.5 Å². The first kappa shape index (κ1) is 18.8. The molecule has 0 bridgehead atoms. The summed E-state index contributed by atoms with van der Waals surface area (Å²) in [5.74, 6) is 1.23. The molecule has 0 amide bonds. The van der Waals surface area contributed by atoms with E-state index >= 15 is 0 Å². The number of ether oxygens (including phenoxy) is 1. The van der Waals surface area contributed by atoms with Crippen LogP contribution in [0.25, 0.3) is 11.3 Å². The Hall–Kier alpha value is -3.19. The fraction of sp³-hybridized carbons (Fsp3) is 0.348. The lowest BCUT2D eigenvalue weighted by Crippen LogP contribution is -2.27. The molecule has 0 radical (unpaired) electrons. The molecular formula is C23H26N6O. The second-order valence-electron chi connectivity index (χ2n) is 8.27. The van der Waals surface area contributed by atoms with Crippen molar-refractivity contribution in [3.05, 3.63) is 58.4 Å². The highest BCUT2D eigenvalue weighted by Gasteiger charge is 2.27. The minimum Gasteiger partial charge on any atom is -0.467 e. The van der Waals surface area contributed by atoms with Crippen LogP contribution < -0.4 is 16.2 Å². The first-order chi connectivity index (χ1) is 14.5. The third kappa shape index (κ3) is 3.25. The van der Waals surface area contributed by atoms with Gasteiger partial charge in [-0.25, -0.2) is 15.0 Å². The molecule has 7 heteroatoms. The molecule has 1 unspecified atom stereocenters. The van der Waals surface area contributed by atoms with Gasteiger partial charge in [0.25, 0.3) is 5.88 Å². The molecule has 0 saturated heterocycles. The number of hydrogen-bond donors (Lipinski definition) is 2. The SMILES string of the molecule is Cc1cc(-c2cnc(N)c(OC3CCc4c3ccnc4N)n2)cc2c1CCN(C)C2. The third-order valence-corrected chi connectivity index (χ3v) is 6.19. The highest BCUT2D eigenvalue weighted by molar-refractivity contribution is 5.64. The zero-order chi connectivity index (χ0) is 20.8. The van der Waals surface area contributed by atoms with Crippen molar-refractivity contribution in [1.82, 2.24) is 19.9 Å². The summed E-state index contributed by atoms with van der Waals surface area (Å²) in [5, 5.41) is 0. The number of nitrogens with zero attached hydrogens (tertiary/aromatic N) is 4. The number of benzene rings is 1. The fourth-order valence-corrected chi connectivity index (χ4v) is 4.60. The van der Waals surface area contributed by atoms with Crippen LogP contribution in [0.3, 0.4) is 0 Å². The van der Waals surface area contributed by atoms with E-state index in [-0.39, 0.29) is 6.10 Å². The second kappa shape index (κ2) is 7.25. The van der Waals surface area contributed by atoms with Crippen LogP contribution in [0.5, 0.6) is 5.88 Å². The van der Waals surface area contributed by atoms with Crippen LogP contribution in [0.4, 0.5) is 11.6 Å². The van der Waals surface area contributed by atoms with Gasteiger partial charge in [-0.15, -0.1) is 0 Å². The van der Waals surface area contributed by atoms with Gasteiger partial charge in [0.1, 0.15) is 11.9 Å². The van der Waals surface area contributed by atoms with Crippen molar-refractivity contribution in [2.45, 2.75) is 38.8 Å². The van der Waals surface area contributed by atoms with Gasteiger partial charge in [-0.2, -0.15) is 0 Å². The predicted molar refractivity (Wildman–Crippen MR) is 117 cm³/mol. The molecule has 3 heterocycles. The smallest absolute Gasteiger partial charge is 0.258 e. The first-order valence-corrected chi connectivity index (χ1v) is 10.3.